The van der Waals surface area contributed by atoms with Gasteiger partial charge in [0.25, 0.3) is 0 Å². The Balaban J connectivity index is 3.47. The molecule has 1 aromatic rings. The fourth-order valence-corrected chi connectivity index (χ4v) is 1.53. The van der Waals surface area contributed by atoms with E-state index >= 15 is 0 Å². The van der Waals surface area contributed by atoms with Crippen molar-refractivity contribution in [2.75, 3.05) is 7.05 Å². The lowest BCUT2D eigenvalue weighted by Gasteiger charge is -2.20. The van der Waals surface area contributed by atoms with Gasteiger partial charge >= 0.3 is 6.18 Å². The number of alkyl halides is 3. The van der Waals surface area contributed by atoms with Crippen LogP contribution in [0.4, 0.5) is 13.2 Å². The Morgan fingerprint density at radius 3 is 2.41 bits per heavy atom. The average molecular weight is 250 g/mol. The molecule has 1 heterocycles. The highest BCUT2D eigenvalue weighted by Gasteiger charge is 2.41. The molecule has 2 N–H and O–H groups in total. The van der Waals surface area contributed by atoms with Crippen molar-refractivity contribution in [3.8, 4) is 5.75 Å². The minimum Gasteiger partial charge on any atom is -0.503 e. The largest absolute Gasteiger partial charge is 0.503 e. The molecule has 0 fully saturated rings. The number of hydrogen-bond donors (Lipinski definition) is 2. The molecule has 1 rings (SSSR count). The molecule has 0 aliphatic carbocycles. The van der Waals surface area contributed by atoms with Crippen molar-refractivity contribution in [3.63, 3.8) is 0 Å². The molecule has 0 bridgehead atoms. The van der Waals surface area contributed by atoms with Crippen LogP contribution in [-0.4, -0.2) is 22.9 Å². The second-order valence-corrected chi connectivity index (χ2v) is 3.72. The molecule has 0 aromatic carbocycles. The zero-order valence-corrected chi connectivity index (χ0v) is 9.59. The Kier molecular flexibility index (Phi) is 3.51. The van der Waals surface area contributed by atoms with Gasteiger partial charge in [-0.15, -0.1) is 0 Å². The third-order valence-corrected chi connectivity index (χ3v) is 2.61. The number of nitrogens with zero attached hydrogens (tertiary/aromatic N) is 1. The summed E-state index contributed by atoms with van der Waals surface area (Å²) >= 11 is 0. The lowest BCUT2D eigenvalue weighted by atomic mass is 10.1. The number of nitrogens with one attached hydrogen (secondary N) is 1. The Morgan fingerprint density at radius 1 is 1.47 bits per heavy atom. The summed E-state index contributed by atoms with van der Waals surface area (Å²) in [7, 11) is 2.57. The maximum atomic E-state index is 12.7. The van der Waals surface area contributed by atoms with Crippen molar-refractivity contribution in [1.29, 1.82) is 0 Å². The predicted molar refractivity (Wildman–Crippen MR) is 55.9 cm³/mol. The molecule has 0 aliphatic heterocycles. The van der Waals surface area contributed by atoms with Crippen LogP contribution in [0.3, 0.4) is 0 Å². The van der Waals surface area contributed by atoms with Gasteiger partial charge in [0, 0.05) is 18.8 Å². The van der Waals surface area contributed by atoms with Crippen molar-refractivity contribution in [2.24, 2.45) is 7.05 Å². The second kappa shape index (κ2) is 4.40. The fourth-order valence-electron chi connectivity index (χ4n) is 1.53. The van der Waals surface area contributed by atoms with E-state index in [-0.39, 0.29) is 5.69 Å². The van der Waals surface area contributed by atoms with Gasteiger partial charge in [-0.2, -0.15) is 13.2 Å². The number of pyridine rings is 1. The van der Waals surface area contributed by atoms with Gasteiger partial charge in [-0.1, -0.05) is 0 Å². The summed E-state index contributed by atoms with van der Waals surface area (Å²) in [5, 5.41) is 11.5. The molecule has 1 atom stereocenters. The first kappa shape index (κ1) is 13.6. The van der Waals surface area contributed by atoms with Crippen molar-refractivity contribution >= 4 is 0 Å². The normalized spacial score (nSPS) is 13.8. The molecular formula is C10H13F3N2O2. The van der Waals surface area contributed by atoms with Crippen LogP contribution in [0, 0.1) is 6.92 Å². The van der Waals surface area contributed by atoms with Gasteiger partial charge in [-0.05, 0) is 14.0 Å². The summed E-state index contributed by atoms with van der Waals surface area (Å²) in [4.78, 5) is 11.6. The van der Waals surface area contributed by atoms with E-state index < -0.39 is 29.0 Å². The van der Waals surface area contributed by atoms with Gasteiger partial charge in [-0.3, -0.25) is 4.79 Å². The summed E-state index contributed by atoms with van der Waals surface area (Å²) in [6.45, 7) is 1.45. The highest BCUT2D eigenvalue weighted by atomic mass is 19.4. The zero-order chi connectivity index (χ0) is 13.4. The lowest BCUT2D eigenvalue weighted by molar-refractivity contribution is -0.156. The fraction of sp³-hybridized carbons (Fsp3) is 0.500. The zero-order valence-electron chi connectivity index (χ0n) is 9.59. The van der Waals surface area contributed by atoms with Crippen LogP contribution in [0.2, 0.25) is 0 Å². The van der Waals surface area contributed by atoms with E-state index in [1.54, 1.807) is 0 Å². The summed E-state index contributed by atoms with van der Waals surface area (Å²) in [5.41, 5.74) is -1.31. The number of aryl methyl sites for hydroxylation is 1. The van der Waals surface area contributed by atoms with Gasteiger partial charge in [0.2, 0.25) is 5.43 Å². The van der Waals surface area contributed by atoms with E-state index in [9.17, 15) is 23.1 Å². The van der Waals surface area contributed by atoms with Gasteiger partial charge in [-0.25, -0.2) is 0 Å². The Morgan fingerprint density at radius 2 is 2.00 bits per heavy atom. The van der Waals surface area contributed by atoms with Crippen molar-refractivity contribution in [2.45, 2.75) is 19.1 Å². The standard InChI is InChI=1S/C10H13F3N2O2/c1-5-7(16)8(17)6(4-15(5)3)9(14-2)10(11,12)13/h4,9,14,16H,1-3H3. The molecule has 0 saturated heterocycles. The van der Waals surface area contributed by atoms with Gasteiger partial charge in [0.05, 0.1) is 5.69 Å². The van der Waals surface area contributed by atoms with Crippen LogP contribution < -0.4 is 10.7 Å². The number of aromatic nitrogens is 1. The Labute approximate surface area is 95.7 Å². The number of hydrogen-bond acceptors (Lipinski definition) is 3. The molecule has 0 amide bonds. The molecule has 17 heavy (non-hydrogen) atoms. The van der Waals surface area contributed by atoms with Crippen LogP contribution in [0.15, 0.2) is 11.0 Å². The highest BCUT2D eigenvalue weighted by molar-refractivity contribution is 5.32. The number of halogens is 3. The van der Waals surface area contributed by atoms with Crippen LogP contribution in [0.1, 0.15) is 17.3 Å². The molecule has 0 radical (unpaired) electrons. The second-order valence-electron chi connectivity index (χ2n) is 3.72. The van der Waals surface area contributed by atoms with Gasteiger partial charge < -0.3 is 15.0 Å². The Hall–Kier alpha value is -1.50. The van der Waals surface area contributed by atoms with Crippen molar-refractivity contribution < 1.29 is 18.3 Å². The van der Waals surface area contributed by atoms with E-state index in [1.165, 1.54) is 18.5 Å². The van der Waals surface area contributed by atoms with E-state index in [0.29, 0.717) is 0 Å². The summed E-state index contributed by atoms with van der Waals surface area (Å²) < 4.78 is 39.3. The third-order valence-electron chi connectivity index (χ3n) is 2.61. The Bertz CT molecular complexity index is 480. The van der Waals surface area contributed by atoms with Gasteiger partial charge in [0.15, 0.2) is 5.75 Å². The smallest absolute Gasteiger partial charge is 0.408 e. The number of rotatable bonds is 2. The molecule has 7 heteroatoms. The first-order valence-electron chi connectivity index (χ1n) is 4.83. The molecule has 4 nitrogen and oxygen atoms in total. The molecule has 1 unspecified atom stereocenters. The first-order valence-corrected chi connectivity index (χ1v) is 4.83. The van der Waals surface area contributed by atoms with E-state index in [4.69, 9.17) is 0 Å². The minimum absolute atomic E-state index is 0.218. The maximum Gasteiger partial charge on any atom is 0.408 e. The summed E-state index contributed by atoms with van der Waals surface area (Å²) in [6.07, 6.45) is -3.52. The highest BCUT2D eigenvalue weighted by Crippen LogP contribution is 2.31. The van der Waals surface area contributed by atoms with E-state index in [1.807, 2.05) is 5.32 Å². The van der Waals surface area contributed by atoms with Crippen LogP contribution in [0.25, 0.3) is 0 Å². The first-order chi connectivity index (χ1) is 7.70. The SMILES string of the molecule is CNC(c1cn(C)c(C)c(O)c1=O)C(F)(F)F. The average Bonchev–Trinajstić information content (AvgIpc) is 2.21. The quantitative estimate of drug-likeness (QED) is 0.829. The van der Waals surface area contributed by atoms with Crippen molar-refractivity contribution in [3.05, 3.63) is 27.7 Å². The molecule has 96 valence electrons. The summed E-state index contributed by atoms with van der Waals surface area (Å²) in [5.74, 6) is -0.658. The molecule has 0 saturated carbocycles. The van der Waals surface area contributed by atoms with Crippen LogP contribution >= 0.6 is 0 Å². The number of aromatic hydroxyl groups is 1. The summed E-state index contributed by atoms with van der Waals surface area (Å²) in [6, 6.07) is -2.09. The maximum absolute atomic E-state index is 12.7. The minimum atomic E-state index is -4.59. The topological polar surface area (TPSA) is 54.3 Å². The van der Waals surface area contributed by atoms with Crippen LogP contribution in [-0.2, 0) is 7.05 Å². The lowest BCUT2D eigenvalue weighted by Crippen LogP contribution is -2.36. The molecule has 0 spiro atoms. The molecular weight excluding hydrogens is 237 g/mol. The predicted octanol–water partition coefficient (Wildman–Crippen LogP) is 1.22. The van der Waals surface area contributed by atoms with Crippen molar-refractivity contribution in [1.82, 2.24) is 9.88 Å². The molecule has 0 aliphatic rings. The van der Waals surface area contributed by atoms with E-state index in [0.717, 1.165) is 13.2 Å². The van der Waals surface area contributed by atoms with Gasteiger partial charge in [0.1, 0.15) is 6.04 Å². The van der Waals surface area contributed by atoms with E-state index in [2.05, 4.69) is 0 Å². The van der Waals surface area contributed by atoms with Crippen LogP contribution in [0.5, 0.6) is 5.75 Å². The molecule has 1 aromatic heterocycles. The third kappa shape index (κ3) is 2.44. The monoisotopic (exact) mass is 250 g/mol.